The fourth-order valence-corrected chi connectivity index (χ4v) is 3.77. The SMILES string of the molecule is N#Cc1ccccc1C1=CC(c2cscn2)=CN(c2ccccc2)C1C=O. The van der Waals surface area contributed by atoms with Gasteiger partial charge in [0.25, 0.3) is 0 Å². The van der Waals surface area contributed by atoms with Crippen LogP contribution in [0.1, 0.15) is 16.8 Å². The quantitative estimate of drug-likeness (QED) is 0.634. The van der Waals surface area contributed by atoms with Crippen LogP contribution in [0.25, 0.3) is 11.1 Å². The summed E-state index contributed by atoms with van der Waals surface area (Å²) in [5, 5.41) is 11.5. The fourth-order valence-electron chi connectivity index (χ4n) is 3.21. The van der Waals surface area contributed by atoms with Crippen LogP contribution in [0.3, 0.4) is 0 Å². The van der Waals surface area contributed by atoms with E-state index in [1.165, 1.54) is 11.3 Å². The summed E-state index contributed by atoms with van der Waals surface area (Å²) in [6.45, 7) is 0. The maximum atomic E-state index is 12.1. The number of hydrogen-bond donors (Lipinski definition) is 0. The second kappa shape index (κ2) is 7.40. The molecule has 0 saturated carbocycles. The number of aldehydes is 1. The molecular formula is C22H15N3OS. The number of anilines is 1. The van der Waals surface area contributed by atoms with E-state index in [1.807, 2.05) is 71.1 Å². The molecular weight excluding hydrogens is 354 g/mol. The van der Waals surface area contributed by atoms with Gasteiger partial charge in [-0.2, -0.15) is 5.26 Å². The summed E-state index contributed by atoms with van der Waals surface area (Å²) in [4.78, 5) is 18.5. The third-order valence-corrected chi connectivity index (χ3v) is 5.06. The Hall–Kier alpha value is -3.49. The molecule has 0 N–H and O–H groups in total. The minimum atomic E-state index is -0.524. The maximum Gasteiger partial charge on any atom is 0.147 e. The number of thiazole rings is 1. The number of para-hydroxylation sites is 1. The Balaban J connectivity index is 1.92. The molecule has 0 bridgehead atoms. The van der Waals surface area contributed by atoms with E-state index in [-0.39, 0.29) is 0 Å². The van der Waals surface area contributed by atoms with Crippen molar-refractivity contribution >= 4 is 34.5 Å². The Morgan fingerprint density at radius 1 is 1.11 bits per heavy atom. The van der Waals surface area contributed by atoms with E-state index < -0.39 is 6.04 Å². The zero-order chi connectivity index (χ0) is 18.6. The van der Waals surface area contributed by atoms with Crippen LogP contribution in [-0.4, -0.2) is 17.3 Å². The van der Waals surface area contributed by atoms with E-state index in [0.29, 0.717) is 5.56 Å². The lowest BCUT2D eigenvalue weighted by Gasteiger charge is -2.33. The highest BCUT2D eigenvalue weighted by Gasteiger charge is 2.28. The first-order chi connectivity index (χ1) is 13.3. The van der Waals surface area contributed by atoms with Gasteiger partial charge in [0.05, 0.1) is 22.8 Å². The number of rotatable bonds is 4. The van der Waals surface area contributed by atoms with E-state index in [2.05, 4.69) is 11.1 Å². The Morgan fingerprint density at radius 2 is 1.89 bits per heavy atom. The van der Waals surface area contributed by atoms with Crippen LogP contribution in [0.5, 0.6) is 0 Å². The first-order valence-corrected chi connectivity index (χ1v) is 9.36. The van der Waals surface area contributed by atoms with E-state index in [4.69, 9.17) is 0 Å². The molecule has 0 spiro atoms. The first kappa shape index (κ1) is 17.0. The summed E-state index contributed by atoms with van der Waals surface area (Å²) in [6, 6.07) is 18.8. The molecule has 0 saturated heterocycles. The molecule has 27 heavy (non-hydrogen) atoms. The summed E-state index contributed by atoms with van der Waals surface area (Å²) in [5.41, 5.74) is 6.53. The van der Waals surface area contributed by atoms with Gasteiger partial charge in [-0.15, -0.1) is 11.3 Å². The molecule has 4 rings (SSSR count). The molecule has 1 atom stereocenters. The predicted octanol–water partition coefficient (Wildman–Crippen LogP) is 4.53. The average molecular weight is 369 g/mol. The van der Waals surface area contributed by atoms with Crippen LogP contribution in [0.4, 0.5) is 5.69 Å². The van der Waals surface area contributed by atoms with Gasteiger partial charge in [0.15, 0.2) is 0 Å². The molecule has 0 fully saturated rings. The molecule has 1 aliphatic heterocycles. The third kappa shape index (κ3) is 3.19. The van der Waals surface area contributed by atoms with Crippen molar-refractivity contribution < 1.29 is 4.79 Å². The molecule has 0 amide bonds. The molecule has 0 aliphatic carbocycles. The largest absolute Gasteiger partial charge is 0.333 e. The molecule has 1 unspecified atom stereocenters. The van der Waals surface area contributed by atoms with Gasteiger partial charge in [-0.1, -0.05) is 36.4 Å². The number of carbonyl (C=O) groups excluding carboxylic acids is 1. The summed E-state index contributed by atoms with van der Waals surface area (Å²) in [7, 11) is 0. The van der Waals surface area contributed by atoms with Crippen LogP contribution < -0.4 is 4.90 Å². The smallest absolute Gasteiger partial charge is 0.147 e. The van der Waals surface area contributed by atoms with Gasteiger partial charge < -0.3 is 9.69 Å². The van der Waals surface area contributed by atoms with Crippen molar-refractivity contribution in [1.82, 2.24) is 4.98 Å². The number of carbonyl (C=O) groups is 1. The molecule has 130 valence electrons. The Labute approximate surface area is 161 Å². The number of benzene rings is 2. The lowest BCUT2D eigenvalue weighted by atomic mass is 9.89. The van der Waals surface area contributed by atoms with Crippen LogP contribution >= 0.6 is 11.3 Å². The lowest BCUT2D eigenvalue weighted by molar-refractivity contribution is -0.107. The van der Waals surface area contributed by atoms with E-state index in [0.717, 1.165) is 34.4 Å². The van der Waals surface area contributed by atoms with Crippen molar-refractivity contribution in [3.05, 3.63) is 94.6 Å². The summed E-state index contributed by atoms with van der Waals surface area (Å²) < 4.78 is 0. The maximum absolute atomic E-state index is 12.1. The summed E-state index contributed by atoms with van der Waals surface area (Å²) >= 11 is 1.52. The van der Waals surface area contributed by atoms with Gasteiger partial charge in [0, 0.05) is 22.8 Å². The summed E-state index contributed by atoms with van der Waals surface area (Å²) in [5.74, 6) is 0. The van der Waals surface area contributed by atoms with Crippen LogP contribution in [0, 0.1) is 11.3 Å². The molecule has 4 nitrogen and oxygen atoms in total. The van der Waals surface area contributed by atoms with Gasteiger partial charge in [0.2, 0.25) is 0 Å². The molecule has 2 aromatic carbocycles. The number of hydrogen-bond acceptors (Lipinski definition) is 5. The van der Waals surface area contributed by atoms with Gasteiger partial charge in [0.1, 0.15) is 12.3 Å². The highest BCUT2D eigenvalue weighted by Crippen LogP contribution is 2.35. The van der Waals surface area contributed by atoms with Gasteiger partial charge >= 0.3 is 0 Å². The number of allylic oxidation sites excluding steroid dienone is 2. The Morgan fingerprint density at radius 3 is 2.59 bits per heavy atom. The van der Waals surface area contributed by atoms with Crippen molar-refractivity contribution in [3.8, 4) is 6.07 Å². The minimum Gasteiger partial charge on any atom is -0.333 e. The van der Waals surface area contributed by atoms with Gasteiger partial charge in [-0.3, -0.25) is 0 Å². The molecule has 1 aromatic heterocycles. The molecule has 0 radical (unpaired) electrons. The highest BCUT2D eigenvalue weighted by molar-refractivity contribution is 7.07. The Bertz CT molecular complexity index is 1060. The number of aromatic nitrogens is 1. The van der Waals surface area contributed by atoms with Crippen molar-refractivity contribution in [2.45, 2.75) is 6.04 Å². The monoisotopic (exact) mass is 369 g/mol. The molecule has 3 aromatic rings. The van der Waals surface area contributed by atoms with Crippen molar-refractivity contribution in [1.29, 1.82) is 5.26 Å². The highest BCUT2D eigenvalue weighted by atomic mass is 32.1. The molecule has 2 heterocycles. The average Bonchev–Trinajstić information content (AvgIpc) is 3.28. The van der Waals surface area contributed by atoms with Gasteiger partial charge in [-0.25, -0.2) is 4.98 Å². The zero-order valence-electron chi connectivity index (χ0n) is 14.3. The zero-order valence-corrected chi connectivity index (χ0v) is 15.1. The standard InChI is InChI=1S/C22H15N3OS/c23-11-16-6-4-5-9-19(16)20-10-17(21-14-27-15-24-21)12-25(22(20)13-26)18-7-2-1-3-8-18/h1-10,12-15,22H. The predicted molar refractivity (Wildman–Crippen MR) is 108 cm³/mol. The van der Waals surface area contributed by atoms with E-state index in [1.54, 1.807) is 11.6 Å². The van der Waals surface area contributed by atoms with Crippen molar-refractivity contribution in [3.63, 3.8) is 0 Å². The molecule has 5 heteroatoms. The lowest BCUT2D eigenvalue weighted by Crippen LogP contribution is -2.35. The van der Waals surface area contributed by atoms with Gasteiger partial charge in [-0.05, 0) is 35.4 Å². The fraction of sp³-hybridized carbons (Fsp3) is 0.0455. The topological polar surface area (TPSA) is 57.0 Å². The molecule has 1 aliphatic rings. The minimum absolute atomic E-state index is 0.524. The second-order valence-electron chi connectivity index (χ2n) is 6.04. The normalized spacial score (nSPS) is 16.3. The second-order valence-corrected chi connectivity index (χ2v) is 6.76. The van der Waals surface area contributed by atoms with Crippen LogP contribution in [-0.2, 0) is 4.79 Å². The van der Waals surface area contributed by atoms with E-state index in [9.17, 15) is 10.1 Å². The van der Waals surface area contributed by atoms with Crippen LogP contribution in [0.15, 0.2) is 77.8 Å². The van der Waals surface area contributed by atoms with Crippen molar-refractivity contribution in [2.24, 2.45) is 0 Å². The first-order valence-electron chi connectivity index (χ1n) is 8.42. The number of nitriles is 1. The van der Waals surface area contributed by atoms with E-state index >= 15 is 0 Å². The number of nitrogens with zero attached hydrogens (tertiary/aromatic N) is 3. The third-order valence-electron chi connectivity index (χ3n) is 4.48. The Kier molecular flexibility index (Phi) is 4.65. The van der Waals surface area contributed by atoms with Crippen LogP contribution in [0.2, 0.25) is 0 Å². The summed E-state index contributed by atoms with van der Waals surface area (Å²) in [6.07, 6.45) is 4.83. The van der Waals surface area contributed by atoms with Crippen molar-refractivity contribution in [2.75, 3.05) is 4.90 Å².